The fourth-order valence-electron chi connectivity index (χ4n) is 5.40. The molecule has 0 saturated carbocycles. The van der Waals surface area contributed by atoms with Crippen molar-refractivity contribution in [1.82, 2.24) is 4.90 Å². The Bertz CT molecular complexity index is 971. The van der Waals surface area contributed by atoms with E-state index in [1.807, 2.05) is 32.9 Å². The molecule has 1 aromatic rings. The van der Waals surface area contributed by atoms with E-state index >= 15 is 0 Å². The SMILES string of the molecule is CC/C(=C\c1cc(C)c(O)c(C)c1)CC[C@@H](O)C1=C(CO)C[C@H]2C(=O)N(C)C(=O)[C@H]2[C@H]1CO. The zero-order valence-corrected chi connectivity index (χ0v) is 19.8. The number of hydrogen-bond donors (Lipinski definition) is 4. The summed E-state index contributed by atoms with van der Waals surface area (Å²) >= 11 is 0. The highest BCUT2D eigenvalue weighted by molar-refractivity contribution is 6.05. The van der Waals surface area contributed by atoms with Crippen LogP contribution < -0.4 is 0 Å². The largest absolute Gasteiger partial charge is 0.507 e. The molecule has 0 unspecified atom stereocenters. The Morgan fingerprint density at radius 2 is 1.82 bits per heavy atom. The zero-order valence-electron chi connectivity index (χ0n) is 19.8. The number of rotatable bonds is 8. The van der Waals surface area contributed by atoms with Crippen molar-refractivity contribution in [2.24, 2.45) is 17.8 Å². The van der Waals surface area contributed by atoms with Crippen LogP contribution in [0.25, 0.3) is 6.08 Å². The van der Waals surface area contributed by atoms with Crippen LogP contribution >= 0.6 is 0 Å². The molecule has 4 N–H and O–H groups in total. The van der Waals surface area contributed by atoms with E-state index in [4.69, 9.17) is 0 Å². The Morgan fingerprint density at radius 1 is 1.18 bits per heavy atom. The Balaban J connectivity index is 1.83. The Kier molecular flexibility index (Phi) is 7.77. The van der Waals surface area contributed by atoms with Gasteiger partial charge in [-0.05, 0) is 79.5 Å². The number of likely N-dealkylation sites (tertiary alicyclic amines) is 1. The number of nitrogens with zero attached hydrogens (tertiary/aromatic N) is 1. The molecule has 4 atom stereocenters. The number of fused-ring (bicyclic) bond motifs is 1. The van der Waals surface area contributed by atoms with Crippen molar-refractivity contribution in [3.63, 3.8) is 0 Å². The number of phenolic OH excluding ortho intramolecular Hbond substituents is 1. The molecule has 0 spiro atoms. The van der Waals surface area contributed by atoms with Crippen LogP contribution in [0.5, 0.6) is 5.75 Å². The Hall–Kier alpha value is -2.48. The van der Waals surface area contributed by atoms with Crippen LogP contribution in [0.1, 0.15) is 49.3 Å². The van der Waals surface area contributed by atoms with Gasteiger partial charge in [0.05, 0.1) is 31.2 Å². The van der Waals surface area contributed by atoms with Gasteiger partial charge < -0.3 is 20.4 Å². The number of aromatic hydroxyl groups is 1. The van der Waals surface area contributed by atoms with Crippen molar-refractivity contribution >= 4 is 17.9 Å². The lowest BCUT2D eigenvalue weighted by Gasteiger charge is -2.36. The monoisotopic (exact) mass is 457 g/mol. The van der Waals surface area contributed by atoms with E-state index in [9.17, 15) is 30.0 Å². The lowest BCUT2D eigenvalue weighted by molar-refractivity contribution is -0.138. The lowest BCUT2D eigenvalue weighted by atomic mass is 9.68. The van der Waals surface area contributed by atoms with Crippen molar-refractivity contribution in [1.29, 1.82) is 0 Å². The maximum Gasteiger partial charge on any atom is 0.233 e. The third-order valence-electron chi connectivity index (χ3n) is 7.23. The van der Waals surface area contributed by atoms with Gasteiger partial charge in [0, 0.05) is 13.0 Å². The molecule has 0 radical (unpaired) electrons. The quantitative estimate of drug-likeness (QED) is 0.352. The number of aliphatic hydroxyl groups excluding tert-OH is 3. The van der Waals surface area contributed by atoms with Crippen LogP contribution in [-0.4, -0.2) is 63.5 Å². The van der Waals surface area contributed by atoms with Gasteiger partial charge in [-0.1, -0.05) is 18.6 Å². The zero-order chi connectivity index (χ0) is 24.4. The van der Waals surface area contributed by atoms with Gasteiger partial charge in [-0.25, -0.2) is 0 Å². The van der Waals surface area contributed by atoms with E-state index in [-0.39, 0.29) is 31.4 Å². The summed E-state index contributed by atoms with van der Waals surface area (Å²) in [5, 5.41) is 41.2. The predicted molar refractivity (Wildman–Crippen MR) is 125 cm³/mol. The normalized spacial score (nSPS) is 24.5. The highest BCUT2D eigenvalue weighted by atomic mass is 16.3. The number of hydrogen-bond acceptors (Lipinski definition) is 6. The van der Waals surface area contributed by atoms with Gasteiger partial charge in [0.15, 0.2) is 0 Å². The van der Waals surface area contributed by atoms with Crippen LogP contribution in [-0.2, 0) is 9.59 Å². The molecule has 1 aliphatic heterocycles. The van der Waals surface area contributed by atoms with Crippen LogP contribution in [0.3, 0.4) is 0 Å². The summed E-state index contributed by atoms with van der Waals surface area (Å²) in [6, 6.07) is 3.84. The minimum absolute atomic E-state index is 0.224. The van der Waals surface area contributed by atoms with Gasteiger partial charge in [-0.3, -0.25) is 14.5 Å². The first kappa shape index (κ1) is 25.1. The molecule has 33 heavy (non-hydrogen) atoms. The molecule has 1 saturated heterocycles. The third-order valence-corrected chi connectivity index (χ3v) is 7.23. The van der Waals surface area contributed by atoms with E-state index in [2.05, 4.69) is 6.08 Å². The maximum absolute atomic E-state index is 12.7. The molecule has 1 heterocycles. The highest BCUT2D eigenvalue weighted by Gasteiger charge is 2.53. The molecule has 2 amide bonds. The van der Waals surface area contributed by atoms with Crippen LogP contribution in [0, 0.1) is 31.6 Å². The summed E-state index contributed by atoms with van der Waals surface area (Å²) in [7, 11) is 1.44. The molecule has 2 aliphatic rings. The first-order chi connectivity index (χ1) is 15.6. The summed E-state index contributed by atoms with van der Waals surface area (Å²) in [4.78, 5) is 26.3. The third kappa shape index (κ3) is 4.76. The van der Waals surface area contributed by atoms with E-state index in [0.29, 0.717) is 29.7 Å². The molecule has 1 aromatic carbocycles. The molecular weight excluding hydrogens is 422 g/mol. The summed E-state index contributed by atoms with van der Waals surface area (Å²) in [6.07, 6.45) is 3.10. The molecule has 3 rings (SSSR count). The fourth-order valence-corrected chi connectivity index (χ4v) is 5.40. The van der Waals surface area contributed by atoms with E-state index in [0.717, 1.165) is 33.6 Å². The fraction of sp³-hybridized carbons (Fsp3) is 0.538. The molecule has 0 aromatic heterocycles. The molecule has 1 fully saturated rings. The molecule has 7 heteroatoms. The molecule has 180 valence electrons. The number of benzene rings is 1. The summed E-state index contributed by atoms with van der Waals surface area (Å²) < 4.78 is 0. The topological polar surface area (TPSA) is 118 Å². The second-order valence-electron chi connectivity index (χ2n) is 9.29. The number of amides is 2. The van der Waals surface area contributed by atoms with Crippen LogP contribution in [0.2, 0.25) is 0 Å². The van der Waals surface area contributed by atoms with Gasteiger partial charge in [0.1, 0.15) is 5.75 Å². The maximum atomic E-state index is 12.7. The first-order valence-electron chi connectivity index (χ1n) is 11.6. The van der Waals surface area contributed by atoms with Crippen LogP contribution in [0.15, 0.2) is 28.9 Å². The van der Waals surface area contributed by atoms with Gasteiger partial charge in [0.25, 0.3) is 0 Å². The standard InChI is InChI=1S/C26H35NO6/c1-5-16(10-17-8-14(2)24(31)15(3)9-17)6-7-21(30)22-18(12-28)11-19-23(20(22)13-29)26(33)27(4)25(19)32/h8-10,19-21,23,28-31H,5-7,11-13H2,1-4H3/b16-10+/t19-,20+,21-,23-/m1/s1. The van der Waals surface area contributed by atoms with Crippen molar-refractivity contribution in [2.75, 3.05) is 20.3 Å². The molecule has 1 aliphatic carbocycles. The van der Waals surface area contributed by atoms with Crippen LogP contribution in [0.4, 0.5) is 0 Å². The molecular formula is C26H35NO6. The van der Waals surface area contributed by atoms with Crippen molar-refractivity contribution < 1.29 is 30.0 Å². The lowest BCUT2D eigenvalue weighted by Crippen LogP contribution is -2.39. The Morgan fingerprint density at radius 3 is 2.36 bits per heavy atom. The highest BCUT2D eigenvalue weighted by Crippen LogP contribution is 2.45. The predicted octanol–water partition coefficient (Wildman–Crippen LogP) is 2.48. The average Bonchev–Trinajstić information content (AvgIpc) is 3.02. The van der Waals surface area contributed by atoms with Gasteiger partial charge in [0.2, 0.25) is 11.8 Å². The number of imide groups is 1. The second kappa shape index (κ2) is 10.2. The van der Waals surface area contributed by atoms with Gasteiger partial charge >= 0.3 is 0 Å². The summed E-state index contributed by atoms with van der Waals surface area (Å²) in [5.41, 5.74) is 4.76. The van der Waals surface area contributed by atoms with Gasteiger partial charge in [-0.15, -0.1) is 0 Å². The van der Waals surface area contributed by atoms with Crippen molar-refractivity contribution in [3.05, 3.63) is 45.5 Å². The minimum atomic E-state index is -0.933. The van der Waals surface area contributed by atoms with E-state index < -0.39 is 23.9 Å². The smallest absolute Gasteiger partial charge is 0.233 e. The number of carbonyl (C=O) groups is 2. The number of phenols is 1. The summed E-state index contributed by atoms with van der Waals surface area (Å²) in [6.45, 7) is 5.06. The second-order valence-corrected chi connectivity index (χ2v) is 9.29. The Labute approximate surface area is 195 Å². The summed E-state index contributed by atoms with van der Waals surface area (Å²) in [5.74, 6) is -2.31. The number of carbonyl (C=O) groups excluding carboxylic acids is 2. The molecule has 0 bridgehead atoms. The number of allylic oxidation sites excluding steroid dienone is 1. The van der Waals surface area contributed by atoms with Crippen molar-refractivity contribution in [3.8, 4) is 5.75 Å². The first-order valence-corrected chi connectivity index (χ1v) is 11.6. The minimum Gasteiger partial charge on any atom is -0.507 e. The van der Waals surface area contributed by atoms with Gasteiger partial charge in [-0.2, -0.15) is 0 Å². The van der Waals surface area contributed by atoms with E-state index in [1.165, 1.54) is 7.05 Å². The number of aliphatic hydroxyl groups is 3. The molecule has 7 nitrogen and oxygen atoms in total. The van der Waals surface area contributed by atoms with Crippen molar-refractivity contribution in [2.45, 2.75) is 52.6 Å². The average molecular weight is 458 g/mol. The number of aryl methyl sites for hydroxylation is 2. The van der Waals surface area contributed by atoms with E-state index in [1.54, 1.807) is 0 Å².